The molecule has 0 spiro atoms. The molecule has 0 atom stereocenters. The van der Waals surface area contributed by atoms with Crippen LogP contribution in [0.2, 0.25) is 5.02 Å². The van der Waals surface area contributed by atoms with Crippen LogP contribution in [0.4, 0.5) is 8.78 Å². The molecule has 15 heavy (non-hydrogen) atoms. The van der Waals surface area contributed by atoms with E-state index in [1.54, 1.807) is 0 Å². The fraction of sp³-hybridized carbons (Fsp3) is 0.100. The first-order valence-corrected chi connectivity index (χ1v) is 4.47. The third-order valence-corrected chi connectivity index (χ3v) is 2.16. The fourth-order valence-electron chi connectivity index (χ4n) is 1.25. The number of halogens is 3. The molecule has 0 radical (unpaired) electrons. The summed E-state index contributed by atoms with van der Waals surface area (Å²) in [5.74, 6) is -0.630. The van der Waals surface area contributed by atoms with E-state index in [0.717, 1.165) is 6.07 Å². The standard InChI is InChI=1S/C10H5ClF2O2/c11-5-1-2-8-6(3-5)7(14)4-9(15-8)10(12)13/h1-4,10H. The highest BCUT2D eigenvalue weighted by Gasteiger charge is 2.13. The second-order valence-corrected chi connectivity index (χ2v) is 3.39. The van der Waals surface area contributed by atoms with Gasteiger partial charge in [0, 0.05) is 11.1 Å². The average molecular weight is 231 g/mol. The SMILES string of the molecule is O=c1cc(C(F)F)oc2ccc(Cl)cc12. The van der Waals surface area contributed by atoms with E-state index in [4.69, 9.17) is 16.0 Å². The molecule has 78 valence electrons. The molecule has 1 aromatic carbocycles. The van der Waals surface area contributed by atoms with Gasteiger partial charge >= 0.3 is 0 Å². The Morgan fingerprint density at radius 1 is 1.27 bits per heavy atom. The van der Waals surface area contributed by atoms with Gasteiger partial charge in [0.1, 0.15) is 5.58 Å². The van der Waals surface area contributed by atoms with Gasteiger partial charge in [0.15, 0.2) is 11.2 Å². The van der Waals surface area contributed by atoms with Gasteiger partial charge in [-0.2, -0.15) is 0 Å². The molecule has 0 bridgehead atoms. The summed E-state index contributed by atoms with van der Waals surface area (Å²) >= 11 is 5.66. The maximum absolute atomic E-state index is 12.3. The molecule has 2 rings (SSSR count). The summed E-state index contributed by atoms with van der Waals surface area (Å²) in [4.78, 5) is 11.4. The largest absolute Gasteiger partial charge is 0.455 e. The Kier molecular flexibility index (Phi) is 2.44. The van der Waals surface area contributed by atoms with Crippen molar-refractivity contribution < 1.29 is 13.2 Å². The van der Waals surface area contributed by atoms with E-state index in [-0.39, 0.29) is 11.0 Å². The minimum absolute atomic E-state index is 0.113. The van der Waals surface area contributed by atoms with Crippen molar-refractivity contribution in [3.05, 3.63) is 45.3 Å². The maximum atomic E-state index is 12.3. The van der Waals surface area contributed by atoms with E-state index in [1.165, 1.54) is 18.2 Å². The minimum atomic E-state index is -2.79. The Morgan fingerprint density at radius 2 is 2.00 bits per heavy atom. The predicted molar refractivity (Wildman–Crippen MR) is 52.5 cm³/mol. The van der Waals surface area contributed by atoms with Crippen LogP contribution in [0.1, 0.15) is 12.2 Å². The maximum Gasteiger partial charge on any atom is 0.295 e. The lowest BCUT2D eigenvalue weighted by Gasteiger charge is -2.01. The van der Waals surface area contributed by atoms with Crippen molar-refractivity contribution in [1.82, 2.24) is 0 Å². The fourth-order valence-corrected chi connectivity index (χ4v) is 1.43. The van der Waals surface area contributed by atoms with Gasteiger partial charge in [0.25, 0.3) is 6.43 Å². The second-order valence-electron chi connectivity index (χ2n) is 2.95. The van der Waals surface area contributed by atoms with Crippen molar-refractivity contribution >= 4 is 22.6 Å². The van der Waals surface area contributed by atoms with Crippen molar-refractivity contribution in [2.24, 2.45) is 0 Å². The summed E-state index contributed by atoms with van der Waals surface area (Å²) in [6.07, 6.45) is -2.79. The smallest absolute Gasteiger partial charge is 0.295 e. The molecule has 1 aromatic heterocycles. The first-order chi connectivity index (χ1) is 7.08. The number of rotatable bonds is 1. The molecule has 0 unspecified atom stereocenters. The van der Waals surface area contributed by atoms with Gasteiger partial charge in [-0.25, -0.2) is 8.78 Å². The lowest BCUT2D eigenvalue weighted by Crippen LogP contribution is -2.02. The highest BCUT2D eigenvalue weighted by atomic mass is 35.5. The van der Waals surface area contributed by atoms with Gasteiger partial charge in [-0.05, 0) is 18.2 Å². The summed E-state index contributed by atoms with van der Waals surface area (Å²) in [6.45, 7) is 0. The van der Waals surface area contributed by atoms with Crippen LogP contribution in [-0.2, 0) is 0 Å². The zero-order valence-electron chi connectivity index (χ0n) is 7.34. The number of fused-ring (bicyclic) bond motifs is 1. The van der Waals surface area contributed by atoms with Crippen LogP contribution in [0.3, 0.4) is 0 Å². The normalized spacial score (nSPS) is 11.2. The topological polar surface area (TPSA) is 30.2 Å². The third-order valence-electron chi connectivity index (χ3n) is 1.92. The summed E-state index contributed by atoms with van der Waals surface area (Å²) in [5, 5.41) is 0.562. The van der Waals surface area contributed by atoms with E-state index in [9.17, 15) is 13.6 Å². The molecule has 0 aliphatic rings. The van der Waals surface area contributed by atoms with E-state index >= 15 is 0 Å². The molecule has 0 N–H and O–H groups in total. The van der Waals surface area contributed by atoms with Gasteiger partial charge in [0.05, 0.1) is 5.39 Å². The van der Waals surface area contributed by atoms with Crippen LogP contribution >= 0.6 is 11.6 Å². The van der Waals surface area contributed by atoms with Crippen LogP contribution in [0, 0.1) is 0 Å². The molecule has 0 amide bonds. The monoisotopic (exact) mass is 230 g/mol. The van der Waals surface area contributed by atoms with Crippen LogP contribution < -0.4 is 5.43 Å². The summed E-state index contributed by atoms with van der Waals surface area (Å²) in [6, 6.07) is 5.04. The highest BCUT2D eigenvalue weighted by Crippen LogP contribution is 2.22. The molecule has 2 nitrogen and oxygen atoms in total. The van der Waals surface area contributed by atoms with Crippen molar-refractivity contribution in [2.75, 3.05) is 0 Å². The van der Waals surface area contributed by atoms with Crippen LogP contribution in [-0.4, -0.2) is 0 Å². The second kappa shape index (κ2) is 3.62. The molecule has 0 saturated heterocycles. The molecule has 0 saturated carbocycles. The van der Waals surface area contributed by atoms with Crippen molar-refractivity contribution in [3.8, 4) is 0 Å². The average Bonchev–Trinajstić information content (AvgIpc) is 2.18. The van der Waals surface area contributed by atoms with E-state index < -0.39 is 17.6 Å². The van der Waals surface area contributed by atoms with Crippen molar-refractivity contribution in [2.45, 2.75) is 6.43 Å². The molecule has 5 heteroatoms. The van der Waals surface area contributed by atoms with Gasteiger partial charge in [-0.1, -0.05) is 11.6 Å². The Morgan fingerprint density at radius 3 is 2.67 bits per heavy atom. The number of benzene rings is 1. The summed E-state index contributed by atoms with van der Waals surface area (Å²) in [5.41, 5.74) is -0.406. The van der Waals surface area contributed by atoms with E-state index in [2.05, 4.69) is 0 Å². The van der Waals surface area contributed by atoms with Crippen LogP contribution in [0.15, 0.2) is 33.5 Å². The predicted octanol–water partition coefficient (Wildman–Crippen LogP) is 3.38. The van der Waals surface area contributed by atoms with Crippen molar-refractivity contribution in [3.63, 3.8) is 0 Å². The Bertz CT molecular complexity index is 563. The molecule has 0 fully saturated rings. The van der Waals surface area contributed by atoms with Gasteiger partial charge in [-0.3, -0.25) is 4.79 Å². The first-order valence-electron chi connectivity index (χ1n) is 4.09. The lowest BCUT2D eigenvalue weighted by atomic mass is 10.2. The van der Waals surface area contributed by atoms with Gasteiger partial charge < -0.3 is 4.42 Å². The minimum Gasteiger partial charge on any atom is -0.455 e. The van der Waals surface area contributed by atoms with E-state index in [1.807, 2.05) is 0 Å². The molecule has 0 aliphatic heterocycles. The number of alkyl halides is 2. The highest BCUT2D eigenvalue weighted by molar-refractivity contribution is 6.31. The molecule has 1 heterocycles. The summed E-state index contributed by atoms with van der Waals surface area (Å²) in [7, 11) is 0. The van der Waals surface area contributed by atoms with Crippen molar-refractivity contribution in [1.29, 1.82) is 0 Å². The third kappa shape index (κ3) is 1.85. The molecular weight excluding hydrogens is 226 g/mol. The first kappa shape index (κ1) is 10.1. The number of hydrogen-bond donors (Lipinski definition) is 0. The lowest BCUT2D eigenvalue weighted by molar-refractivity contribution is 0.122. The van der Waals surface area contributed by atoms with Crippen LogP contribution in [0.25, 0.3) is 11.0 Å². The summed E-state index contributed by atoms with van der Waals surface area (Å²) < 4.78 is 29.4. The zero-order chi connectivity index (χ0) is 11.0. The van der Waals surface area contributed by atoms with E-state index in [0.29, 0.717) is 5.02 Å². The quantitative estimate of drug-likeness (QED) is 0.752. The van der Waals surface area contributed by atoms with Gasteiger partial charge in [-0.15, -0.1) is 0 Å². The molecule has 0 aliphatic carbocycles. The molecular formula is C10H5ClF2O2. The van der Waals surface area contributed by atoms with Crippen LogP contribution in [0.5, 0.6) is 0 Å². The Labute approximate surface area is 88.1 Å². The zero-order valence-corrected chi connectivity index (χ0v) is 8.09. The number of hydrogen-bond acceptors (Lipinski definition) is 2. The Balaban J connectivity index is 2.79. The van der Waals surface area contributed by atoms with Gasteiger partial charge in [0.2, 0.25) is 0 Å². The molecule has 2 aromatic rings. The Hall–Kier alpha value is -1.42.